The van der Waals surface area contributed by atoms with Crippen LogP contribution in [0.25, 0.3) is 0 Å². The molecule has 0 aromatic carbocycles. The molecule has 2 rings (SSSR count). The predicted molar refractivity (Wildman–Crippen MR) is 59.8 cm³/mol. The largest absolute Gasteiger partial charge is 0.336 e. The number of hydrogen-bond donors (Lipinski definition) is 2. The molecule has 0 aliphatic carbocycles. The normalized spacial score (nSPS) is 26.7. The van der Waals surface area contributed by atoms with Crippen LogP contribution in [0.3, 0.4) is 0 Å². The number of piperidine rings is 1. The molecule has 1 unspecified atom stereocenters. The second kappa shape index (κ2) is 5.35. The number of hydrogen-bond acceptors (Lipinski definition) is 2. The van der Waals surface area contributed by atoms with Crippen LogP contribution in [-0.4, -0.2) is 43.2 Å². The molecule has 0 spiro atoms. The maximum atomic E-state index is 11.7. The molecule has 86 valence electrons. The first-order valence-electron chi connectivity index (χ1n) is 6.12. The van der Waals surface area contributed by atoms with E-state index in [0.29, 0.717) is 6.04 Å². The van der Waals surface area contributed by atoms with Gasteiger partial charge < -0.3 is 15.5 Å². The fourth-order valence-electron chi connectivity index (χ4n) is 2.35. The van der Waals surface area contributed by atoms with Crippen LogP contribution in [0.5, 0.6) is 0 Å². The minimum absolute atomic E-state index is 0.128. The van der Waals surface area contributed by atoms with Gasteiger partial charge in [-0.05, 0) is 38.6 Å². The van der Waals surface area contributed by atoms with Crippen LogP contribution in [0.1, 0.15) is 32.1 Å². The SMILES string of the molecule is O=C(NCC1CCCN1)N1CCCCC1. The average Bonchev–Trinajstić information content (AvgIpc) is 2.80. The van der Waals surface area contributed by atoms with Gasteiger partial charge in [0.1, 0.15) is 0 Å². The maximum absolute atomic E-state index is 11.7. The van der Waals surface area contributed by atoms with E-state index >= 15 is 0 Å². The zero-order chi connectivity index (χ0) is 10.5. The predicted octanol–water partition coefficient (Wildman–Crippen LogP) is 0.934. The van der Waals surface area contributed by atoms with Crippen LogP contribution < -0.4 is 10.6 Å². The second-order valence-electron chi connectivity index (χ2n) is 4.53. The lowest BCUT2D eigenvalue weighted by atomic mass is 10.1. The number of nitrogens with one attached hydrogen (secondary N) is 2. The Balaban J connectivity index is 1.66. The fourth-order valence-corrected chi connectivity index (χ4v) is 2.35. The lowest BCUT2D eigenvalue weighted by Gasteiger charge is -2.27. The van der Waals surface area contributed by atoms with Gasteiger partial charge >= 0.3 is 6.03 Å². The molecular formula is C11H21N3O. The molecule has 2 N–H and O–H groups in total. The Hall–Kier alpha value is -0.770. The van der Waals surface area contributed by atoms with Crippen molar-refractivity contribution in [1.29, 1.82) is 0 Å². The topological polar surface area (TPSA) is 44.4 Å². The van der Waals surface area contributed by atoms with Crippen molar-refractivity contribution >= 4 is 6.03 Å². The van der Waals surface area contributed by atoms with Gasteiger partial charge in [-0.2, -0.15) is 0 Å². The van der Waals surface area contributed by atoms with Crippen LogP contribution in [0, 0.1) is 0 Å². The van der Waals surface area contributed by atoms with E-state index in [-0.39, 0.29) is 6.03 Å². The van der Waals surface area contributed by atoms with E-state index < -0.39 is 0 Å². The molecule has 2 amide bonds. The van der Waals surface area contributed by atoms with Crippen molar-refractivity contribution in [3.63, 3.8) is 0 Å². The molecule has 0 bridgehead atoms. The summed E-state index contributed by atoms with van der Waals surface area (Å²) in [6.07, 6.45) is 6.03. The molecule has 2 heterocycles. The quantitative estimate of drug-likeness (QED) is 0.714. The first kappa shape index (κ1) is 10.7. The third-order valence-electron chi connectivity index (χ3n) is 3.31. The van der Waals surface area contributed by atoms with Crippen LogP contribution in [-0.2, 0) is 0 Å². The number of carbonyl (C=O) groups excluding carboxylic acids is 1. The van der Waals surface area contributed by atoms with Crippen molar-refractivity contribution in [2.45, 2.75) is 38.1 Å². The monoisotopic (exact) mass is 211 g/mol. The highest BCUT2D eigenvalue weighted by Gasteiger charge is 2.18. The van der Waals surface area contributed by atoms with Crippen molar-refractivity contribution in [1.82, 2.24) is 15.5 Å². The van der Waals surface area contributed by atoms with E-state index in [9.17, 15) is 4.79 Å². The second-order valence-corrected chi connectivity index (χ2v) is 4.53. The number of carbonyl (C=O) groups is 1. The summed E-state index contributed by atoms with van der Waals surface area (Å²) < 4.78 is 0. The van der Waals surface area contributed by atoms with E-state index in [0.717, 1.165) is 39.0 Å². The first-order valence-corrected chi connectivity index (χ1v) is 6.12. The summed E-state index contributed by atoms with van der Waals surface area (Å²) >= 11 is 0. The third-order valence-corrected chi connectivity index (χ3v) is 3.31. The summed E-state index contributed by atoms with van der Waals surface area (Å²) in [5.41, 5.74) is 0. The minimum atomic E-state index is 0.128. The summed E-state index contributed by atoms with van der Waals surface area (Å²) in [5.74, 6) is 0. The molecule has 0 radical (unpaired) electrons. The van der Waals surface area contributed by atoms with E-state index in [1.807, 2.05) is 4.90 Å². The molecule has 0 aromatic rings. The van der Waals surface area contributed by atoms with Crippen molar-refractivity contribution in [3.05, 3.63) is 0 Å². The van der Waals surface area contributed by atoms with Crippen molar-refractivity contribution in [3.8, 4) is 0 Å². The summed E-state index contributed by atoms with van der Waals surface area (Å²) in [4.78, 5) is 13.7. The Morgan fingerprint density at radius 1 is 1.27 bits per heavy atom. The molecule has 2 aliphatic rings. The van der Waals surface area contributed by atoms with Gasteiger partial charge in [-0.15, -0.1) is 0 Å². The number of rotatable bonds is 2. The molecule has 0 saturated carbocycles. The Morgan fingerprint density at radius 2 is 2.07 bits per heavy atom. The molecule has 15 heavy (non-hydrogen) atoms. The average molecular weight is 211 g/mol. The van der Waals surface area contributed by atoms with Crippen LogP contribution in [0.15, 0.2) is 0 Å². The molecule has 2 saturated heterocycles. The fraction of sp³-hybridized carbons (Fsp3) is 0.909. The molecule has 2 fully saturated rings. The Kier molecular flexibility index (Phi) is 3.83. The minimum Gasteiger partial charge on any atom is -0.336 e. The highest BCUT2D eigenvalue weighted by Crippen LogP contribution is 2.09. The van der Waals surface area contributed by atoms with Crippen molar-refractivity contribution in [2.24, 2.45) is 0 Å². The number of likely N-dealkylation sites (tertiary alicyclic amines) is 1. The Morgan fingerprint density at radius 3 is 2.73 bits per heavy atom. The van der Waals surface area contributed by atoms with Gasteiger partial charge in [0.25, 0.3) is 0 Å². The highest BCUT2D eigenvalue weighted by molar-refractivity contribution is 5.74. The summed E-state index contributed by atoms with van der Waals surface area (Å²) in [6, 6.07) is 0.627. The van der Waals surface area contributed by atoms with Gasteiger partial charge in [-0.1, -0.05) is 0 Å². The standard InChI is InChI=1S/C11H21N3O/c15-11(14-7-2-1-3-8-14)13-9-10-5-4-6-12-10/h10,12H,1-9H2,(H,13,15). The molecule has 2 aliphatic heterocycles. The smallest absolute Gasteiger partial charge is 0.317 e. The van der Waals surface area contributed by atoms with Gasteiger partial charge in [0, 0.05) is 25.7 Å². The van der Waals surface area contributed by atoms with Crippen LogP contribution in [0.4, 0.5) is 4.79 Å². The molecule has 4 nitrogen and oxygen atoms in total. The molecule has 4 heteroatoms. The number of amides is 2. The lowest BCUT2D eigenvalue weighted by molar-refractivity contribution is 0.185. The van der Waals surface area contributed by atoms with Crippen LogP contribution in [0.2, 0.25) is 0 Å². The van der Waals surface area contributed by atoms with Crippen LogP contribution >= 0.6 is 0 Å². The van der Waals surface area contributed by atoms with Crippen molar-refractivity contribution in [2.75, 3.05) is 26.2 Å². The van der Waals surface area contributed by atoms with Gasteiger partial charge in [0.05, 0.1) is 0 Å². The van der Waals surface area contributed by atoms with E-state index in [4.69, 9.17) is 0 Å². The van der Waals surface area contributed by atoms with Gasteiger partial charge in [-0.3, -0.25) is 0 Å². The Labute approximate surface area is 91.4 Å². The van der Waals surface area contributed by atoms with Gasteiger partial charge in [0.2, 0.25) is 0 Å². The zero-order valence-corrected chi connectivity index (χ0v) is 9.30. The molecule has 1 atom stereocenters. The number of urea groups is 1. The van der Waals surface area contributed by atoms with E-state index in [2.05, 4.69) is 10.6 Å². The highest BCUT2D eigenvalue weighted by atomic mass is 16.2. The Bertz CT molecular complexity index is 208. The first-order chi connectivity index (χ1) is 7.36. The van der Waals surface area contributed by atoms with Gasteiger partial charge in [0.15, 0.2) is 0 Å². The maximum Gasteiger partial charge on any atom is 0.317 e. The molecule has 0 aromatic heterocycles. The lowest BCUT2D eigenvalue weighted by Crippen LogP contribution is -2.46. The van der Waals surface area contributed by atoms with E-state index in [1.165, 1.54) is 19.3 Å². The number of nitrogens with zero attached hydrogens (tertiary/aromatic N) is 1. The zero-order valence-electron chi connectivity index (χ0n) is 9.30. The summed E-state index contributed by atoms with van der Waals surface area (Å²) in [6.45, 7) is 3.76. The summed E-state index contributed by atoms with van der Waals surface area (Å²) in [7, 11) is 0. The van der Waals surface area contributed by atoms with Gasteiger partial charge in [-0.25, -0.2) is 4.79 Å². The third kappa shape index (κ3) is 3.09. The summed E-state index contributed by atoms with van der Waals surface area (Å²) in [5, 5.41) is 6.40. The molecular weight excluding hydrogens is 190 g/mol. The van der Waals surface area contributed by atoms with E-state index in [1.54, 1.807) is 0 Å². The van der Waals surface area contributed by atoms with Crippen molar-refractivity contribution < 1.29 is 4.79 Å².